The summed E-state index contributed by atoms with van der Waals surface area (Å²) < 4.78 is 36.3. The summed E-state index contributed by atoms with van der Waals surface area (Å²) in [6.07, 6.45) is 0.0925. The number of ether oxygens (including phenoxy) is 2. The van der Waals surface area contributed by atoms with Crippen LogP contribution in [0.3, 0.4) is 0 Å². The fourth-order valence-corrected chi connectivity index (χ4v) is 6.46. The molecule has 8 rings (SSSR count). The molecule has 146 valence electrons. The second-order valence-corrected chi connectivity index (χ2v) is 9.45. The van der Waals surface area contributed by atoms with E-state index < -0.39 is 14.1 Å². The lowest BCUT2D eigenvalue weighted by Gasteiger charge is -2.27. The second-order valence-electron chi connectivity index (χ2n) is 8.15. The number of hydrogen-bond donors (Lipinski definition) is 1. The van der Waals surface area contributed by atoms with Gasteiger partial charge in [0, 0.05) is 28.7 Å². The van der Waals surface area contributed by atoms with Gasteiger partial charge in [0.15, 0.2) is 0 Å². The van der Waals surface area contributed by atoms with Gasteiger partial charge in [-0.25, -0.2) is 4.57 Å². The number of hydrogen-bond acceptors (Lipinski definition) is 5. The maximum atomic E-state index is 12.8. The van der Waals surface area contributed by atoms with Crippen LogP contribution >= 0.6 is 7.82 Å². The van der Waals surface area contributed by atoms with Crippen LogP contribution in [0.25, 0.3) is 21.5 Å². The van der Waals surface area contributed by atoms with Crippen molar-refractivity contribution < 1.29 is 28.0 Å². The van der Waals surface area contributed by atoms with E-state index in [1.807, 2.05) is 36.4 Å². The zero-order valence-electron chi connectivity index (χ0n) is 15.4. The van der Waals surface area contributed by atoms with Crippen molar-refractivity contribution in [2.24, 2.45) is 0 Å². The highest BCUT2D eigenvalue weighted by Crippen LogP contribution is 2.60. The first-order chi connectivity index (χ1) is 14.6. The Morgan fingerprint density at radius 3 is 1.70 bits per heavy atom. The van der Waals surface area contributed by atoms with Gasteiger partial charge in [0.25, 0.3) is 6.29 Å². The van der Waals surface area contributed by atoms with Crippen molar-refractivity contribution in [2.75, 3.05) is 0 Å². The third-order valence-electron chi connectivity index (χ3n) is 6.66. The SMILES string of the molecule is O=P1(O)Oc2ccc3ccc4c5c3c2Cc2c(ccc3ccc6c(c23)C5C(O4)O6)O1. The topological polar surface area (TPSA) is 74.2 Å². The molecule has 3 heterocycles. The molecule has 2 bridgehead atoms. The van der Waals surface area contributed by atoms with E-state index in [2.05, 4.69) is 0 Å². The highest BCUT2D eigenvalue weighted by Gasteiger charge is 2.48. The van der Waals surface area contributed by atoms with Crippen molar-refractivity contribution in [3.63, 3.8) is 0 Å². The van der Waals surface area contributed by atoms with E-state index in [0.29, 0.717) is 17.9 Å². The van der Waals surface area contributed by atoms with Gasteiger partial charge in [-0.2, -0.15) is 0 Å². The molecule has 1 aliphatic carbocycles. The van der Waals surface area contributed by atoms with Crippen LogP contribution in [0.2, 0.25) is 0 Å². The number of rotatable bonds is 0. The average molecular weight is 416 g/mol. The summed E-state index contributed by atoms with van der Waals surface area (Å²) in [5, 5.41) is 4.09. The molecule has 0 atom stereocenters. The van der Waals surface area contributed by atoms with Crippen molar-refractivity contribution in [3.05, 3.63) is 70.8 Å². The van der Waals surface area contributed by atoms with Crippen LogP contribution in [-0.2, 0) is 11.0 Å². The van der Waals surface area contributed by atoms with Gasteiger partial charge in [0.05, 0.1) is 5.92 Å². The van der Waals surface area contributed by atoms with Gasteiger partial charge in [-0.15, -0.1) is 0 Å². The maximum Gasteiger partial charge on any atom is 0.584 e. The van der Waals surface area contributed by atoms with Gasteiger partial charge in [-0.05, 0) is 45.8 Å². The Kier molecular flexibility index (Phi) is 2.47. The monoisotopic (exact) mass is 416 g/mol. The first-order valence-corrected chi connectivity index (χ1v) is 11.3. The van der Waals surface area contributed by atoms with Crippen LogP contribution in [0.5, 0.6) is 23.0 Å². The van der Waals surface area contributed by atoms with E-state index in [9.17, 15) is 9.46 Å². The van der Waals surface area contributed by atoms with Crippen molar-refractivity contribution in [3.8, 4) is 23.0 Å². The van der Waals surface area contributed by atoms with Crippen LogP contribution in [0.15, 0.2) is 48.5 Å². The van der Waals surface area contributed by atoms with E-state index in [0.717, 1.165) is 55.3 Å². The zero-order valence-corrected chi connectivity index (χ0v) is 16.3. The number of phosphoric acid groups is 1. The molecule has 0 saturated carbocycles. The van der Waals surface area contributed by atoms with Gasteiger partial charge in [0.2, 0.25) is 0 Å². The summed E-state index contributed by atoms with van der Waals surface area (Å²) in [6, 6.07) is 15.3. The molecule has 4 aromatic carbocycles. The van der Waals surface area contributed by atoms with Crippen LogP contribution < -0.4 is 18.5 Å². The normalized spacial score (nSPS) is 22.8. The molecule has 1 N–H and O–H groups in total. The molecule has 4 aromatic rings. The molecule has 6 nitrogen and oxygen atoms in total. The summed E-state index contributed by atoms with van der Waals surface area (Å²) in [5.41, 5.74) is 3.88. The third kappa shape index (κ3) is 1.70. The highest BCUT2D eigenvalue weighted by molar-refractivity contribution is 7.48. The van der Waals surface area contributed by atoms with E-state index in [-0.39, 0.29) is 5.92 Å². The van der Waals surface area contributed by atoms with Crippen molar-refractivity contribution in [2.45, 2.75) is 18.6 Å². The fourth-order valence-electron chi connectivity index (χ4n) is 5.58. The summed E-state index contributed by atoms with van der Waals surface area (Å²) >= 11 is 0. The average Bonchev–Trinajstić information content (AvgIpc) is 3.22. The molecule has 4 aliphatic rings. The molecule has 0 unspecified atom stereocenters. The maximum absolute atomic E-state index is 12.8. The van der Waals surface area contributed by atoms with E-state index in [1.165, 1.54) is 0 Å². The third-order valence-corrected chi connectivity index (χ3v) is 7.52. The lowest BCUT2D eigenvalue weighted by Crippen LogP contribution is -2.20. The van der Waals surface area contributed by atoms with Gasteiger partial charge in [-0.1, -0.05) is 24.3 Å². The van der Waals surface area contributed by atoms with Gasteiger partial charge in [-0.3, -0.25) is 4.89 Å². The molecule has 30 heavy (non-hydrogen) atoms. The molecule has 7 heteroatoms. The molecule has 0 amide bonds. The predicted octanol–water partition coefficient (Wildman–Crippen LogP) is 5.01. The Labute approximate surface area is 170 Å². The summed E-state index contributed by atoms with van der Waals surface area (Å²) in [5.74, 6) is 2.24. The first kappa shape index (κ1) is 15.6. The Morgan fingerprint density at radius 2 is 1.20 bits per heavy atom. The molecule has 3 aliphatic heterocycles. The largest absolute Gasteiger partial charge is 0.584 e. The molecule has 0 aromatic heterocycles. The van der Waals surface area contributed by atoms with Crippen LogP contribution in [0, 0.1) is 0 Å². The zero-order chi connectivity index (χ0) is 19.8. The molecular weight excluding hydrogens is 403 g/mol. The van der Waals surface area contributed by atoms with Crippen LogP contribution in [-0.4, -0.2) is 11.2 Å². The number of benzene rings is 4. The minimum absolute atomic E-state index is 0.0777. The van der Waals surface area contributed by atoms with E-state index in [4.69, 9.17) is 18.5 Å². The molecular formula is C23H13O6P. The predicted molar refractivity (Wildman–Crippen MR) is 109 cm³/mol. The van der Waals surface area contributed by atoms with E-state index in [1.54, 1.807) is 12.1 Å². The minimum Gasteiger partial charge on any atom is -0.454 e. The minimum atomic E-state index is -4.35. The Morgan fingerprint density at radius 1 is 0.733 bits per heavy atom. The highest BCUT2D eigenvalue weighted by atomic mass is 31.2. The van der Waals surface area contributed by atoms with Crippen molar-refractivity contribution in [1.29, 1.82) is 0 Å². The lowest BCUT2D eigenvalue weighted by atomic mass is 9.79. The Hall–Kier alpha value is -3.21. The summed E-state index contributed by atoms with van der Waals surface area (Å²) in [4.78, 5) is 10.4. The molecule has 0 fully saturated rings. The standard InChI is InChI=1S/C23H13O6P/c24-30(25)28-14-5-1-10-3-7-16-20-18(10)12(14)9-13-15(29-30)6-2-11-4-8-17-21(19(11)13)22(20)23(26-16)27-17/h1-8,22-23H,9H2,(H,24,25). The quantitative estimate of drug-likeness (QED) is 0.406. The lowest BCUT2D eigenvalue weighted by molar-refractivity contribution is 0.0330. The van der Waals surface area contributed by atoms with Crippen molar-refractivity contribution >= 4 is 29.4 Å². The summed E-state index contributed by atoms with van der Waals surface area (Å²) in [7, 11) is -4.35. The molecule has 0 saturated heterocycles. The first-order valence-electron chi connectivity index (χ1n) is 9.80. The Bertz CT molecular complexity index is 1430. The number of phosphoric ester groups is 1. The van der Waals surface area contributed by atoms with Crippen molar-refractivity contribution in [1.82, 2.24) is 0 Å². The van der Waals surface area contributed by atoms with Crippen LogP contribution in [0.1, 0.15) is 28.2 Å². The smallest absolute Gasteiger partial charge is 0.454 e. The second kappa shape index (κ2) is 4.75. The van der Waals surface area contributed by atoms with Gasteiger partial charge >= 0.3 is 7.82 Å². The Balaban J connectivity index is 1.66. The molecule has 0 spiro atoms. The van der Waals surface area contributed by atoms with E-state index >= 15 is 0 Å². The molecule has 0 radical (unpaired) electrons. The van der Waals surface area contributed by atoms with Crippen LogP contribution in [0.4, 0.5) is 0 Å². The van der Waals surface area contributed by atoms with Gasteiger partial charge < -0.3 is 18.5 Å². The fraction of sp³-hybridized carbons (Fsp3) is 0.130. The van der Waals surface area contributed by atoms with Gasteiger partial charge in [0.1, 0.15) is 23.0 Å². The summed E-state index contributed by atoms with van der Waals surface area (Å²) in [6.45, 7) is 0.